The van der Waals surface area contributed by atoms with Crippen molar-refractivity contribution in [3.8, 4) is 0 Å². The van der Waals surface area contributed by atoms with Crippen LogP contribution in [0.4, 0.5) is 0 Å². The van der Waals surface area contributed by atoms with Gasteiger partial charge in [-0.3, -0.25) is 0 Å². The van der Waals surface area contributed by atoms with E-state index in [0.717, 1.165) is 0 Å². The van der Waals surface area contributed by atoms with Crippen LogP contribution in [0.2, 0.25) is 0 Å². The Kier molecular flexibility index (Phi) is 2.16. The van der Waals surface area contributed by atoms with Gasteiger partial charge in [-0.2, -0.15) is 0 Å². The van der Waals surface area contributed by atoms with Gasteiger partial charge < -0.3 is 14.2 Å². The van der Waals surface area contributed by atoms with Gasteiger partial charge in [0.25, 0.3) is 0 Å². The van der Waals surface area contributed by atoms with Crippen LogP contribution in [0, 0.1) is 0 Å². The number of fused-ring (bicyclic) bond motifs is 1. The summed E-state index contributed by atoms with van der Waals surface area (Å²) in [5.41, 5.74) is 7.72. The lowest BCUT2D eigenvalue weighted by molar-refractivity contribution is -0.180. The third kappa shape index (κ3) is 1.46. The highest BCUT2D eigenvalue weighted by Gasteiger charge is 2.56. The Morgan fingerprint density at radius 3 is 3.07 bits per heavy atom. The Bertz CT molecular complexity index is 288. The topological polar surface area (TPSA) is 76.5 Å². The molecule has 0 bridgehead atoms. The maximum Gasteiger partial charge on any atom is 0.164 e. The lowest BCUT2D eigenvalue weighted by Gasteiger charge is -2.24. The molecule has 2 atom stereocenters. The second kappa shape index (κ2) is 3.10. The molecule has 2 aliphatic heterocycles. The van der Waals surface area contributed by atoms with E-state index in [0.29, 0.717) is 13.2 Å². The summed E-state index contributed by atoms with van der Waals surface area (Å²) in [5.74, 6) is -0.612. The third-order valence-corrected chi connectivity index (χ3v) is 2.48. The molecule has 2 rings (SSSR count). The van der Waals surface area contributed by atoms with E-state index in [9.17, 15) is 0 Å². The molecule has 0 aromatic rings. The first-order chi connectivity index (χ1) is 6.58. The molecule has 0 amide bonds. The fraction of sp³-hybridized carbons (Fsp3) is 1.00. The normalized spacial score (nSPS) is 39.1. The summed E-state index contributed by atoms with van der Waals surface area (Å²) in [6.45, 7) is 4.90. The molecule has 0 N–H and O–H groups in total. The van der Waals surface area contributed by atoms with Gasteiger partial charge in [-0.05, 0) is 19.4 Å². The predicted molar refractivity (Wildman–Crippen MR) is 47.6 cm³/mol. The molecular weight excluding hydrogens is 186 g/mol. The van der Waals surface area contributed by atoms with Crippen LogP contribution in [-0.4, -0.2) is 37.3 Å². The molecule has 2 saturated heterocycles. The summed E-state index contributed by atoms with van der Waals surface area (Å²) in [6.07, 6.45) is -0.122. The van der Waals surface area contributed by atoms with E-state index < -0.39 is 11.4 Å². The number of ether oxygens (including phenoxy) is 3. The lowest BCUT2D eigenvalue weighted by Crippen LogP contribution is -2.42. The van der Waals surface area contributed by atoms with Crippen LogP contribution in [0.15, 0.2) is 5.11 Å². The second-order valence-corrected chi connectivity index (χ2v) is 4.08. The average Bonchev–Trinajstić information content (AvgIpc) is 2.53. The van der Waals surface area contributed by atoms with Crippen LogP contribution in [0.1, 0.15) is 13.8 Å². The van der Waals surface area contributed by atoms with E-state index in [-0.39, 0.29) is 12.6 Å². The molecule has 0 aliphatic carbocycles. The van der Waals surface area contributed by atoms with Gasteiger partial charge in [0.05, 0.1) is 19.8 Å². The van der Waals surface area contributed by atoms with Crippen LogP contribution < -0.4 is 0 Å². The van der Waals surface area contributed by atoms with Crippen molar-refractivity contribution < 1.29 is 14.2 Å². The summed E-state index contributed by atoms with van der Waals surface area (Å²) in [6, 6.07) is 0. The minimum atomic E-state index is -0.612. The van der Waals surface area contributed by atoms with Gasteiger partial charge in [0.1, 0.15) is 11.7 Å². The van der Waals surface area contributed by atoms with Gasteiger partial charge in [-0.1, -0.05) is 5.11 Å². The lowest BCUT2D eigenvalue weighted by atomic mass is 10.0. The Morgan fingerprint density at radius 1 is 1.57 bits per heavy atom. The van der Waals surface area contributed by atoms with Gasteiger partial charge in [0.2, 0.25) is 0 Å². The van der Waals surface area contributed by atoms with Crippen molar-refractivity contribution >= 4 is 0 Å². The number of rotatable bonds is 2. The smallest absolute Gasteiger partial charge is 0.164 e. The molecule has 0 unspecified atom stereocenters. The Balaban J connectivity index is 2.18. The largest absolute Gasteiger partial charge is 0.376 e. The zero-order valence-electron chi connectivity index (χ0n) is 8.27. The Morgan fingerprint density at radius 2 is 2.36 bits per heavy atom. The highest BCUT2D eigenvalue weighted by atomic mass is 16.8. The van der Waals surface area contributed by atoms with Gasteiger partial charge in [-0.25, -0.2) is 0 Å². The van der Waals surface area contributed by atoms with Gasteiger partial charge >= 0.3 is 0 Å². The van der Waals surface area contributed by atoms with Gasteiger partial charge in [0.15, 0.2) is 5.79 Å². The van der Waals surface area contributed by atoms with E-state index in [2.05, 4.69) is 10.0 Å². The fourth-order valence-electron chi connectivity index (χ4n) is 2.01. The molecule has 0 saturated carbocycles. The fourth-order valence-corrected chi connectivity index (χ4v) is 2.01. The SMILES string of the molecule is CC1(C)O[C@H]2COC[C@@]2(CN=[N+]=[N-])O1. The number of azide groups is 1. The summed E-state index contributed by atoms with van der Waals surface area (Å²) in [4.78, 5) is 2.74. The summed E-state index contributed by atoms with van der Waals surface area (Å²) < 4.78 is 16.7. The molecule has 6 nitrogen and oxygen atoms in total. The van der Waals surface area contributed by atoms with Gasteiger partial charge in [-0.15, -0.1) is 0 Å². The highest BCUT2D eigenvalue weighted by molar-refractivity contribution is 5.01. The van der Waals surface area contributed by atoms with Crippen molar-refractivity contribution in [2.24, 2.45) is 5.11 Å². The predicted octanol–water partition coefficient (Wildman–Crippen LogP) is 1.22. The van der Waals surface area contributed by atoms with Crippen molar-refractivity contribution in [2.75, 3.05) is 19.8 Å². The first kappa shape index (κ1) is 9.73. The molecule has 0 radical (unpaired) electrons. The Labute approximate surface area is 81.8 Å². The van der Waals surface area contributed by atoms with Crippen molar-refractivity contribution in [3.63, 3.8) is 0 Å². The van der Waals surface area contributed by atoms with Crippen LogP contribution >= 0.6 is 0 Å². The number of nitrogens with zero attached hydrogens (tertiary/aromatic N) is 3. The molecule has 78 valence electrons. The monoisotopic (exact) mass is 199 g/mol. The van der Waals surface area contributed by atoms with Crippen LogP contribution in [0.25, 0.3) is 10.4 Å². The number of hydrogen-bond donors (Lipinski definition) is 0. The molecule has 6 heteroatoms. The minimum absolute atomic E-state index is 0.122. The van der Waals surface area contributed by atoms with E-state index >= 15 is 0 Å². The van der Waals surface area contributed by atoms with E-state index in [1.165, 1.54) is 0 Å². The first-order valence-corrected chi connectivity index (χ1v) is 4.55. The van der Waals surface area contributed by atoms with Crippen LogP contribution in [0.5, 0.6) is 0 Å². The molecule has 14 heavy (non-hydrogen) atoms. The summed E-state index contributed by atoms with van der Waals surface area (Å²) in [5, 5.41) is 3.55. The van der Waals surface area contributed by atoms with E-state index in [1.807, 2.05) is 13.8 Å². The van der Waals surface area contributed by atoms with Gasteiger partial charge in [0, 0.05) is 4.91 Å². The maximum atomic E-state index is 8.29. The van der Waals surface area contributed by atoms with Crippen molar-refractivity contribution in [3.05, 3.63) is 10.4 Å². The van der Waals surface area contributed by atoms with Crippen molar-refractivity contribution in [1.29, 1.82) is 0 Å². The quantitative estimate of drug-likeness (QED) is 0.381. The summed E-state index contributed by atoms with van der Waals surface area (Å²) in [7, 11) is 0. The van der Waals surface area contributed by atoms with Crippen molar-refractivity contribution in [1.82, 2.24) is 0 Å². The third-order valence-electron chi connectivity index (χ3n) is 2.48. The molecule has 2 aliphatic rings. The summed E-state index contributed by atoms with van der Waals surface area (Å²) >= 11 is 0. The average molecular weight is 199 g/mol. The van der Waals surface area contributed by atoms with E-state index in [4.69, 9.17) is 19.7 Å². The van der Waals surface area contributed by atoms with Crippen LogP contribution in [0.3, 0.4) is 0 Å². The standard InChI is InChI=1S/C8H13N3O3/c1-7(2)13-6-3-12-5-8(6,14-7)4-10-11-9/h6H,3-5H2,1-2H3/t6-,8+/m0/s1. The Hall–Kier alpha value is -0.810. The highest BCUT2D eigenvalue weighted by Crippen LogP contribution is 2.40. The zero-order chi connectivity index (χ0) is 10.2. The second-order valence-electron chi connectivity index (χ2n) is 4.08. The molecular formula is C8H13N3O3. The first-order valence-electron chi connectivity index (χ1n) is 4.55. The molecule has 0 aromatic carbocycles. The molecule has 2 heterocycles. The molecule has 0 aromatic heterocycles. The van der Waals surface area contributed by atoms with E-state index in [1.54, 1.807) is 0 Å². The molecule has 2 fully saturated rings. The van der Waals surface area contributed by atoms with Crippen molar-refractivity contribution in [2.45, 2.75) is 31.3 Å². The minimum Gasteiger partial charge on any atom is -0.376 e. The van der Waals surface area contributed by atoms with Crippen LogP contribution in [-0.2, 0) is 14.2 Å². The molecule has 0 spiro atoms. The zero-order valence-corrected chi connectivity index (χ0v) is 8.27. The number of hydrogen-bond acceptors (Lipinski definition) is 4. The maximum absolute atomic E-state index is 8.29.